The molecule has 0 aliphatic rings. The largest absolute Gasteiger partial charge is 0.513 e. The molecule has 0 amide bonds. The van der Waals surface area contributed by atoms with Crippen molar-refractivity contribution in [1.82, 2.24) is 0 Å². The monoisotopic (exact) mass is 382 g/mol. The lowest BCUT2D eigenvalue weighted by atomic mass is 10.0. The number of ether oxygens (including phenoxy) is 3. The number of hydrogen-bond acceptors (Lipinski definition) is 6. The Labute approximate surface area is 163 Å². The molecule has 6 nitrogen and oxygen atoms in total. The fourth-order valence-electron chi connectivity index (χ4n) is 2.20. The Morgan fingerprint density at radius 1 is 0.821 bits per heavy atom. The molecule has 0 unspecified atom stereocenters. The molecule has 0 bridgehead atoms. The maximum atomic E-state index is 12.3. The zero-order valence-corrected chi connectivity index (χ0v) is 15.7. The summed E-state index contributed by atoms with van der Waals surface area (Å²) >= 11 is 0. The average molecular weight is 382 g/mol. The molecule has 146 valence electrons. The number of esters is 1. The van der Waals surface area contributed by atoms with Gasteiger partial charge in [-0.2, -0.15) is 0 Å². The fourth-order valence-corrected chi connectivity index (χ4v) is 2.20. The number of carbonyl (C=O) groups is 3. The van der Waals surface area contributed by atoms with E-state index >= 15 is 0 Å². The summed E-state index contributed by atoms with van der Waals surface area (Å²) in [4.78, 5) is 35.2. The van der Waals surface area contributed by atoms with E-state index in [0.29, 0.717) is 29.5 Å². The van der Waals surface area contributed by atoms with E-state index in [2.05, 4.69) is 6.58 Å². The maximum absolute atomic E-state index is 12.3. The Bertz CT molecular complexity index is 824. The first-order valence-corrected chi connectivity index (χ1v) is 8.84. The molecule has 28 heavy (non-hydrogen) atoms. The Morgan fingerprint density at radius 2 is 1.39 bits per heavy atom. The smallest absolute Gasteiger partial charge is 0.462 e. The van der Waals surface area contributed by atoms with Gasteiger partial charge in [-0.15, -0.1) is 0 Å². The third-order valence-corrected chi connectivity index (χ3v) is 3.69. The second-order valence-electron chi connectivity index (χ2n) is 6.04. The molecule has 2 aromatic carbocycles. The topological polar surface area (TPSA) is 78.9 Å². The molecule has 0 N–H and O–H groups in total. The lowest BCUT2D eigenvalue weighted by molar-refractivity contribution is -0.139. The summed E-state index contributed by atoms with van der Waals surface area (Å²) in [7, 11) is 0. The molecule has 0 saturated carbocycles. The number of carbonyl (C=O) groups excluding carboxylic acids is 3. The SMILES string of the molecule is C=C(C)C(=O)OCCCCOC(=O)Oc1ccc(C(=O)c2ccccc2)cc1. The van der Waals surface area contributed by atoms with Gasteiger partial charge in [0, 0.05) is 16.7 Å². The van der Waals surface area contributed by atoms with E-state index < -0.39 is 12.1 Å². The predicted octanol–water partition coefficient (Wildman–Crippen LogP) is 4.33. The van der Waals surface area contributed by atoms with Gasteiger partial charge in [-0.05, 0) is 44.0 Å². The van der Waals surface area contributed by atoms with Crippen molar-refractivity contribution < 1.29 is 28.6 Å². The second-order valence-corrected chi connectivity index (χ2v) is 6.04. The van der Waals surface area contributed by atoms with Crippen LogP contribution in [0.5, 0.6) is 5.75 Å². The van der Waals surface area contributed by atoms with E-state index in [0.717, 1.165) is 0 Å². The van der Waals surface area contributed by atoms with Crippen molar-refractivity contribution in [3.8, 4) is 5.75 Å². The Morgan fingerprint density at radius 3 is 2.00 bits per heavy atom. The minimum atomic E-state index is -0.832. The average Bonchev–Trinajstić information content (AvgIpc) is 2.71. The highest BCUT2D eigenvalue weighted by atomic mass is 16.7. The van der Waals surface area contributed by atoms with Crippen LogP contribution in [0.15, 0.2) is 66.7 Å². The Hall–Kier alpha value is -3.41. The summed E-state index contributed by atoms with van der Waals surface area (Å²) in [5.74, 6) is -0.262. The van der Waals surface area contributed by atoms with Gasteiger partial charge in [-0.25, -0.2) is 9.59 Å². The van der Waals surface area contributed by atoms with Gasteiger partial charge in [0.1, 0.15) is 5.75 Å². The molecular weight excluding hydrogens is 360 g/mol. The molecule has 0 aromatic heterocycles. The van der Waals surface area contributed by atoms with Gasteiger partial charge in [0.05, 0.1) is 13.2 Å². The molecule has 0 fully saturated rings. The second kappa shape index (κ2) is 10.7. The summed E-state index contributed by atoms with van der Waals surface area (Å²) in [5.41, 5.74) is 1.43. The molecule has 0 spiro atoms. The molecule has 0 heterocycles. The molecule has 0 aliphatic heterocycles. The van der Waals surface area contributed by atoms with E-state index in [1.807, 2.05) is 6.07 Å². The zero-order valence-electron chi connectivity index (χ0n) is 15.7. The minimum Gasteiger partial charge on any atom is -0.462 e. The minimum absolute atomic E-state index is 0.109. The van der Waals surface area contributed by atoms with Crippen molar-refractivity contribution in [2.24, 2.45) is 0 Å². The first-order valence-electron chi connectivity index (χ1n) is 8.84. The van der Waals surface area contributed by atoms with Gasteiger partial charge in [-0.3, -0.25) is 4.79 Å². The van der Waals surface area contributed by atoms with Crippen LogP contribution in [0.2, 0.25) is 0 Å². The quantitative estimate of drug-likeness (QED) is 0.211. The van der Waals surface area contributed by atoms with Crippen LogP contribution in [-0.2, 0) is 14.3 Å². The van der Waals surface area contributed by atoms with Gasteiger partial charge in [0.15, 0.2) is 5.78 Å². The van der Waals surface area contributed by atoms with Gasteiger partial charge in [0.25, 0.3) is 0 Å². The summed E-state index contributed by atoms with van der Waals surface area (Å²) in [6, 6.07) is 15.2. The number of ketones is 1. The van der Waals surface area contributed by atoms with Crippen LogP contribution in [0.3, 0.4) is 0 Å². The maximum Gasteiger partial charge on any atom is 0.513 e. The summed E-state index contributed by atoms with van der Waals surface area (Å²) in [6.45, 7) is 5.44. The first-order chi connectivity index (χ1) is 13.5. The molecule has 6 heteroatoms. The van der Waals surface area contributed by atoms with Crippen molar-refractivity contribution in [3.63, 3.8) is 0 Å². The van der Waals surface area contributed by atoms with Crippen LogP contribution in [0.25, 0.3) is 0 Å². The molecule has 0 aliphatic carbocycles. The summed E-state index contributed by atoms with van der Waals surface area (Å²) in [6.07, 6.45) is 0.257. The summed E-state index contributed by atoms with van der Waals surface area (Å²) < 4.78 is 15.0. The van der Waals surface area contributed by atoms with Crippen molar-refractivity contribution in [3.05, 3.63) is 77.9 Å². The third kappa shape index (κ3) is 6.72. The standard InChI is InChI=1S/C22H22O6/c1-16(2)21(24)26-14-6-7-15-27-22(25)28-19-12-10-18(11-13-19)20(23)17-8-4-3-5-9-17/h3-5,8-13H,1,6-7,14-15H2,2H3. The van der Waals surface area contributed by atoms with Crippen molar-refractivity contribution in [1.29, 1.82) is 0 Å². The van der Waals surface area contributed by atoms with Gasteiger partial charge >= 0.3 is 12.1 Å². The number of benzene rings is 2. The van der Waals surface area contributed by atoms with Crippen molar-refractivity contribution >= 4 is 17.9 Å². The van der Waals surface area contributed by atoms with Gasteiger partial charge in [-0.1, -0.05) is 36.9 Å². The summed E-state index contributed by atoms with van der Waals surface area (Å²) in [5, 5.41) is 0. The van der Waals surface area contributed by atoms with E-state index in [1.54, 1.807) is 43.3 Å². The van der Waals surface area contributed by atoms with E-state index in [1.165, 1.54) is 12.1 Å². The van der Waals surface area contributed by atoms with Crippen LogP contribution in [0.4, 0.5) is 4.79 Å². The zero-order chi connectivity index (χ0) is 20.4. The van der Waals surface area contributed by atoms with Crippen molar-refractivity contribution in [2.75, 3.05) is 13.2 Å². The molecule has 0 atom stereocenters. The van der Waals surface area contributed by atoms with Crippen LogP contribution in [0, 0.1) is 0 Å². The number of unbranched alkanes of at least 4 members (excludes halogenated alkanes) is 1. The lowest BCUT2D eigenvalue weighted by Gasteiger charge is -2.07. The highest BCUT2D eigenvalue weighted by Gasteiger charge is 2.10. The van der Waals surface area contributed by atoms with Crippen LogP contribution in [0.1, 0.15) is 35.7 Å². The molecule has 2 rings (SSSR count). The highest BCUT2D eigenvalue weighted by molar-refractivity contribution is 6.09. The Balaban J connectivity index is 1.70. The molecular formula is C22H22O6. The van der Waals surface area contributed by atoms with Crippen LogP contribution in [-0.4, -0.2) is 31.1 Å². The third-order valence-electron chi connectivity index (χ3n) is 3.69. The lowest BCUT2D eigenvalue weighted by Crippen LogP contribution is -2.12. The van der Waals surface area contributed by atoms with E-state index in [9.17, 15) is 14.4 Å². The number of hydrogen-bond donors (Lipinski definition) is 0. The van der Waals surface area contributed by atoms with Crippen molar-refractivity contribution in [2.45, 2.75) is 19.8 Å². The van der Waals surface area contributed by atoms with E-state index in [-0.39, 0.29) is 24.7 Å². The van der Waals surface area contributed by atoms with E-state index in [4.69, 9.17) is 14.2 Å². The first kappa shape index (κ1) is 20.9. The number of rotatable bonds is 9. The fraction of sp³-hybridized carbons (Fsp3) is 0.227. The van der Waals surface area contributed by atoms with Crippen LogP contribution < -0.4 is 4.74 Å². The molecule has 2 aromatic rings. The predicted molar refractivity (Wildman–Crippen MR) is 103 cm³/mol. The van der Waals surface area contributed by atoms with Gasteiger partial charge in [0.2, 0.25) is 0 Å². The van der Waals surface area contributed by atoms with Gasteiger partial charge < -0.3 is 14.2 Å². The van der Waals surface area contributed by atoms with Crippen LogP contribution >= 0.6 is 0 Å². The highest BCUT2D eigenvalue weighted by Crippen LogP contribution is 2.16. The molecule has 0 saturated heterocycles. The molecule has 0 radical (unpaired) electrons. The Kier molecular flexibility index (Phi) is 7.96. The normalized spacial score (nSPS) is 10.0.